The number of hydrogen-bond acceptors (Lipinski definition) is 4. The van der Waals surface area contributed by atoms with Gasteiger partial charge >= 0.3 is 0 Å². The van der Waals surface area contributed by atoms with Crippen LogP contribution in [0.15, 0.2) is 17.5 Å². The number of aliphatic hydroxyl groups excluding tert-OH is 1. The molecule has 0 aliphatic carbocycles. The average Bonchev–Trinajstić information content (AvgIpc) is 2.13. The van der Waals surface area contributed by atoms with Gasteiger partial charge in [0.1, 0.15) is 11.9 Å². The first-order valence-corrected chi connectivity index (χ1v) is 3.79. The molecule has 6 nitrogen and oxygen atoms in total. The van der Waals surface area contributed by atoms with E-state index in [1.165, 1.54) is 7.11 Å². The molecule has 0 saturated carbocycles. The Labute approximate surface area is 75.4 Å². The molecule has 3 atom stereocenters. The summed E-state index contributed by atoms with van der Waals surface area (Å²) in [4.78, 5) is 2.63. The van der Waals surface area contributed by atoms with E-state index in [2.05, 4.69) is 16.6 Å². The maximum Gasteiger partial charge on any atom is 0.199 e. The number of rotatable bonds is 2. The monoisotopic (exact) mass is 185 g/mol. The van der Waals surface area contributed by atoms with Crippen molar-refractivity contribution in [2.24, 2.45) is 5.11 Å². The predicted molar refractivity (Wildman–Crippen MR) is 44.6 cm³/mol. The van der Waals surface area contributed by atoms with Crippen LogP contribution in [0.5, 0.6) is 0 Å². The van der Waals surface area contributed by atoms with E-state index in [-0.39, 0.29) is 5.76 Å². The molecule has 13 heavy (non-hydrogen) atoms. The first-order valence-electron chi connectivity index (χ1n) is 3.79. The van der Waals surface area contributed by atoms with E-state index in [1.54, 1.807) is 0 Å². The Kier molecular flexibility index (Phi) is 3.13. The molecule has 0 spiro atoms. The predicted octanol–water partition coefficient (Wildman–Crippen LogP) is 0.933. The number of azide groups is 1. The van der Waals surface area contributed by atoms with Crippen LogP contribution in [0.1, 0.15) is 6.42 Å². The van der Waals surface area contributed by atoms with Crippen molar-refractivity contribution in [2.45, 2.75) is 24.9 Å². The molecule has 0 unspecified atom stereocenters. The first kappa shape index (κ1) is 9.85. The molecule has 1 rings (SSSR count). The van der Waals surface area contributed by atoms with E-state index in [9.17, 15) is 5.11 Å². The van der Waals surface area contributed by atoms with Crippen LogP contribution >= 0.6 is 0 Å². The smallest absolute Gasteiger partial charge is 0.199 e. The molecule has 0 aromatic rings. The number of hydrogen-bond donors (Lipinski definition) is 1. The second-order valence-electron chi connectivity index (χ2n) is 2.70. The highest BCUT2D eigenvalue weighted by Crippen LogP contribution is 2.24. The average molecular weight is 185 g/mol. The minimum absolute atomic E-state index is 0.176. The van der Waals surface area contributed by atoms with Crippen molar-refractivity contribution < 1.29 is 14.6 Å². The van der Waals surface area contributed by atoms with Crippen molar-refractivity contribution in [2.75, 3.05) is 7.11 Å². The zero-order chi connectivity index (χ0) is 9.84. The molecule has 1 fully saturated rings. The van der Waals surface area contributed by atoms with Crippen molar-refractivity contribution in [3.63, 3.8) is 0 Å². The number of ether oxygens (including phenoxy) is 2. The summed E-state index contributed by atoms with van der Waals surface area (Å²) in [6.45, 7) is 3.49. The Hall–Kier alpha value is -1.23. The Morgan fingerprint density at radius 2 is 2.54 bits per heavy atom. The van der Waals surface area contributed by atoms with Gasteiger partial charge in [-0.05, 0) is 5.53 Å². The van der Waals surface area contributed by atoms with Crippen molar-refractivity contribution in [1.29, 1.82) is 0 Å². The Morgan fingerprint density at radius 3 is 3.08 bits per heavy atom. The van der Waals surface area contributed by atoms with Crippen LogP contribution in [0, 0.1) is 0 Å². The second kappa shape index (κ2) is 4.13. The Balaban J connectivity index is 2.71. The van der Waals surface area contributed by atoms with Gasteiger partial charge < -0.3 is 14.6 Å². The fraction of sp³-hybridized carbons (Fsp3) is 0.714. The third-order valence-corrected chi connectivity index (χ3v) is 1.87. The summed E-state index contributed by atoms with van der Waals surface area (Å²) < 4.78 is 9.98. The van der Waals surface area contributed by atoms with Crippen molar-refractivity contribution in [3.05, 3.63) is 22.8 Å². The molecule has 72 valence electrons. The molecule has 0 radical (unpaired) electrons. The third kappa shape index (κ3) is 2.12. The van der Waals surface area contributed by atoms with Crippen molar-refractivity contribution >= 4 is 0 Å². The van der Waals surface area contributed by atoms with Gasteiger partial charge in [-0.2, -0.15) is 0 Å². The minimum atomic E-state index is -0.942. The Bertz CT molecular complexity index is 249. The summed E-state index contributed by atoms with van der Waals surface area (Å²) in [5.41, 5.74) is 8.22. The Morgan fingerprint density at radius 1 is 1.85 bits per heavy atom. The minimum Gasteiger partial charge on any atom is -0.467 e. The maximum absolute atomic E-state index is 9.44. The summed E-state index contributed by atoms with van der Waals surface area (Å²) in [6.07, 6.45) is -1.10. The second-order valence-corrected chi connectivity index (χ2v) is 2.70. The van der Waals surface area contributed by atoms with Crippen LogP contribution < -0.4 is 0 Å². The molecule has 0 bridgehead atoms. The van der Waals surface area contributed by atoms with Crippen molar-refractivity contribution in [3.8, 4) is 0 Å². The van der Waals surface area contributed by atoms with Gasteiger partial charge in [0.25, 0.3) is 0 Å². The highest BCUT2D eigenvalue weighted by molar-refractivity contribution is 5.02. The molecule has 0 aromatic heterocycles. The van der Waals surface area contributed by atoms with Gasteiger partial charge in [-0.25, -0.2) is 0 Å². The van der Waals surface area contributed by atoms with Gasteiger partial charge in [-0.1, -0.05) is 11.7 Å². The zero-order valence-corrected chi connectivity index (χ0v) is 7.25. The van der Waals surface area contributed by atoms with Crippen molar-refractivity contribution in [1.82, 2.24) is 0 Å². The molecule has 1 aliphatic rings. The largest absolute Gasteiger partial charge is 0.467 e. The normalized spacial score (nSPS) is 33.4. The molecular formula is C7H11N3O3. The van der Waals surface area contributed by atoms with E-state index >= 15 is 0 Å². The van der Waals surface area contributed by atoms with Crippen LogP contribution in [0.25, 0.3) is 10.4 Å². The van der Waals surface area contributed by atoms with Gasteiger partial charge in [0.05, 0.1) is 6.04 Å². The third-order valence-electron chi connectivity index (χ3n) is 1.87. The highest BCUT2D eigenvalue weighted by atomic mass is 16.7. The van der Waals surface area contributed by atoms with E-state index in [0.29, 0.717) is 6.42 Å². The quantitative estimate of drug-likeness (QED) is 0.394. The number of nitrogens with zero attached hydrogens (tertiary/aromatic N) is 3. The van der Waals surface area contributed by atoms with Gasteiger partial charge in [0.2, 0.25) is 0 Å². The lowest BCUT2D eigenvalue weighted by atomic mass is 10.0. The fourth-order valence-corrected chi connectivity index (χ4v) is 1.15. The lowest BCUT2D eigenvalue weighted by Crippen LogP contribution is -2.38. The molecule has 1 heterocycles. The fourth-order valence-electron chi connectivity index (χ4n) is 1.15. The summed E-state index contributed by atoms with van der Waals surface area (Å²) in [6, 6.07) is -0.559. The zero-order valence-electron chi connectivity index (χ0n) is 7.25. The maximum atomic E-state index is 9.44. The lowest BCUT2D eigenvalue weighted by molar-refractivity contribution is -0.142. The molecule has 1 aliphatic heterocycles. The molecule has 0 aromatic carbocycles. The first-order chi connectivity index (χ1) is 6.19. The van der Waals surface area contributed by atoms with E-state index in [1.807, 2.05) is 0 Å². The van der Waals surface area contributed by atoms with Gasteiger partial charge in [0.15, 0.2) is 6.29 Å². The summed E-state index contributed by atoms with van der Waals surface area (Å²) in [7, 11) is 1.47. The summed E-state index contributed by atoms with van der Waals surface area (Å²) >= 11 is 0. The topological polar surface area (TPSA) is 87.5 Å². The SMILES string of the molecule is C=C1O[C@@H](OC)C[C@H](N=[N+]=[N-])[C@@H]1O. The van der Waals surface area contributed by atoms with E-state index < -0.39 is 18.4 Å². The van der Waals surface area contributed by atoms with E-state index in [4.69, 9.17) is 15.0 Å². The van der Waals surface area contributed by atoms with Gasteiger partial charge in [0, 0.05) is 18.4 Å². The van der Waals surface area contributed by atoms with Gasteiger partial charge in [-0.3, -0.25) is 0 Å². The standard InChI is InChI=1S/C7H11N3O3/c1-4-7(11)5(9-10-8)3-6(12-2)13-4/h5-7,11H,1,3H2,2H3/t5-,6+,7+/m0/s1. The highest BCUT2D eigenvalue weighted by Gasteiger charge is 2.32. The van der Waals surface area contributed by atoms with E-state index in [0.717, 1.165) is 0 Å². The van der Waals surface area contributed by atoms with Crippen LogP contribution in [-0.2, 0) is 9.47 Å². The van der Waals surface area contributed by atoms with Crippen LogP contribution in [0.4, 0.5) is 0 Å². The number of methoxy groups -OCH3 is 1. The lowest BCUT2D eigenvalue weighted by Gasteiger charge is -2.31. The van der Waals surface area contributed by atoms with Crippen LogP contribution in [0.2, 0.25) is 0 Å². The van der Waals surface area contributed by atoms with Gasteiger partial charge in [-0.15, -0.1) is 0 Å². The number of aliphatic hydroxyl groups is 1. The van der Waals surface area contributed by atoms with Crippen LogP contribution in [-0.4, -0.2) is 30.7 Å². The summed E-state index contributed by atoms with van der Waals surface area (Å²) in [5, 5.41) is 12.9. The molecule has 0 amide bonds. The molecule has 6 heteroatoms. The van der Waals surface area contributed by atoms with Crippen LogP contribution in [0.3, 0.4) is 0 Å². The molecular weight excluding hydrogens is 174 g/mol. The molecule has 1 N–H and O–H groups in total. The molecule has 1 saturated heterocycles. The summed E-state index contributed by atoms with van der Waals surface area (Å²) in [5.74, 6) is 0.176.